The van der Waals surface area contributed by atoms with Crippen molar-refractivity contribution in [2.24, 2.45) is 5.92 Å². The Morgan fingerprint density at radius 3 is 2.60 bits per heavy atom. The lowest BCUT2D eigenvalue weighted by molar-refractivity contribution is -0.143. The molecule has 20 heavy (non-hydrogen) atoms. The summed E-state index contributed by atoms with van der Waals surface area (Å²) in [5.41, 5.74) is 0. The van der Waals surface area contributed by atoms with Crippen molar-refractivity contribution in [1.82, 2.24) is 9.71 Å². The van der Waals surface area contributed by atoms with Gasteiger partial charge >= 0.3 is 5.97 Å². The van der Waals surface area contributed by atoms with Crippen molar-refractivity contribution >= 4 is 27.6 Å². The summed E-state index contributed by atoms with van der Waals surface area (Å²) < 4.78 is 31.4. The maximum Gasteiger partial charge on any atom is 0.324 e. The topological polar surface area (TPSA) is 85.4 Å². The van der Waals surface area contributed by atoms with Crippen LogP contribution in [0.3, 0.4) is 0 Å². The number of carbonyl (C=O) groups is 1. The van der Waals surface area contributed by atoms with E-state index in [2.05, 4.69) is 14.4 Å². The molecule has 0 radical (unpaired) electrons. The number of pyridine rings is 1. The molecule has 0 saturated carbocycles. The highest BCUT2D eigenvalue weighted by molar-refractivity contribution is 7.89. The molecular weight excluding hydrogens is 304 g/mol. The molecule has 8 heteroatoms. The molecular formula is C12H17ClN2O4S. The normalized spacial score (nSPS) is 14.6. The first-order valence-electron chi connectivity index (χ1n) is 6.03. The van der Waals surface area contributed by atoms with Crippen molar-refractivity contribution in [3.63, 3.8) is 0 Å². The van der Waals surface area contributed by atoms with Gasteiger partial charge in [-0.2, -0.15) is 4.72 Å². The van der Waals surface area contributed by atoms with Crippen molar-refractivity contribution in [3.05, 3.63) is 23.5 Å². The predicted octanol–water partition coefficient (Wildman–Crippen LogP) is 1.60. The molecule has 6 nitrogen and oxygen atoms in total. The van der Waals surface area contributed by atoms with E-state index in [1.807, 2.05) is 6.92 Å². The number of nitrogens with one attached hydrogen (secondary N) is 1. The molecule has 0 fully saturated rings. The number of hydrogen-bond donors (Lipinski definition) is 1. The molecule has 0 aliphatic rings. The van der Waals surface area contributed by atoms with E-state index in [0.29, 0.717) is 6.42 Å². The van der Waals surface area contributed by atoms with Crippen LogP contribution in [0.5, 0.6) is 0 Å². The van der Waals surface area contributed by atoms with E-state index in [9.17, 15) is 13.2 Å². The second-order valence-electron chi connectivity index (χ2n) is 4.32. The molecule has 0 aliphatic heterocycles. The maximum absolute atomic E-state index is 12.2. The van der Waals surface area contributed by atoms with Crippen LogP contribution in [0.1, 0.15) is 20.3 Å². The van der Waals surface area contributed by atoms with Gasteiger partial charge in [-0.25, -0.2) is 13.4 Å². The van der Waals surface area contributed by atoms with Crippen LogP contribution in [0.4, 0.5) is 0 Å². The molecule has 1 heterocycles. The molecule has 112 valence electrons. The van der Waals surface area contributed by atoms with Crippen LogP contribution in [-0.4, -0.2) is 32.5 Å². The summed E-state index contributed by atoms with van der Waals surface area (Å²) in [5.74, 6) is -0.817. The quantitative estimate of drug-likeness (QED) is 0.635. The van der Waals surface area contributed by atoms with Crippen molar-refractivity contribution in [2.75, 3.05) is 7.11 Å². The fourth-order valence-electron chi connectivity index (χ4n) is 1.52. The Labute approximate surface area is 123 Å². The molecule has 1 aromatic heterocycles. The predicted molar refractivity (Wildman–Crippen MR) is 74.8 cm³/mol. The molecule has 0 amide bonds. The number of nitrogens with zero attached hydrogens (tertiary/aromatic N) is 1. The van der Waals surface area contributed by atoms with Gasteiger partial charge in [-0.3, -0.25) is 4.79 Å². The lowest BCUT2D eigenvalue weighted by atomic mass is 10.0. The molecule has 0 aliphatic carbocycles. The SMILES string of the molecule is CCC(C)C(NS(=O)(=O)c1ccc(Cl)nc1)C(=O)OC. The van der Waals surface area contributed by atoms with Crippen LogP contribution in [-0.2, 0) is 19.6 Å². The molecule has 1 rings (SSSR count). The molecule has 1 N–H and O–H groups in total. The van der Waals surface area contributed by atoms with E-state index in [-0.39, 0.29) is 16.0 Å². The Morgan fingerprint density at radius 2 is 2.15 bits per heavy atom. The van der Waals surface area contributed by atoms with E-state index in [1.54, 1.807) is 6.92 Å². The zero-order valence-corrected chi connectivity index (χ0v) is 13.0. The second-order valence-corrected chi connectivity index (χ2v) is 6.43. The summed E-state index contributed by atoms with van der Waals surface area (Å²) in [7, 11) is -2.64. The lowest BCUT2D eigenvalue weighted by Crippen LogP contribution is -2.45. The van der Waals surface area contributed by atoms with Gasteiger partial charge in [0.05, 0.1) is 7.11 Å². The van der Waals surface area contributed by atoms with Crippen molar-refractivity contribution in [3.8, 4) is 0 Å². The third-order valence-corrected chi connectivity index (χ3v) is 4.61. The Balaban J connectivity index is 3.02. The van der Waals surface area contributed by atoms with Crippen LogP contribution < -0.4 is 4.72 Å². The van der Waals surface area contributed by atoms with Crippen molar-refractivity contribution in [2.45, 2.75) is 31.2 Å². The summed E-state index contributed by atoms with van der Waals surface area (Å²) in [5, 5.41) is 0.190. The number of ether oxygens (including phenoxy) is 1. The van der Waals surface area contributed by atoms with E-state index < -0.39 is 22.0 Å². The third kappa shape index (κ3) is 4.16. The fourth-order valence-corrected chi connectivity index (χ4v) is 2.87. The van der Waals surface area contributed by atoms with Gasteiger partial charge in [-0.15, -0.1) is 0 Å². The fraction of sp³-hybridized carbons (Fsp3) is 0.500. The van der Waals surface area contributed by atoms with Crippen LogP contribution in [0.25, 0.3) is 0 Å². The van der Waals surface area contributed by atoms with Crippen LogP contribution in [0, 0.1) is 5.92 Å². The van der Waals surface area contributed by atoms with E-state index in [1.165, 1.54) is 19.2 Å². The number of aromatic nitrogens is 1. The highest BCUT2D eigenvalue weighted by atomic mass is 35.5. The minimum atomic E-state index is -3.86. The van der Waals surface area contributed by atoms with Crippen LogP contribution in [0.2, 0.25) is 5.15 Å². The molecule has 0 spiro atoms. The van der Waals surface area contributed by atoms with Gasteiger partial charge < -0.3 is 4.74 Å². The number of esters is 1. The number of halogens is 1. The molecule has 0 aromatic carbocycles. The highest BCUT2D eigenvalue weighted by Crippen LogP contribution is 2.15. The maximum atomic E-state index is 12.2. The van der Waals surface area contributed by atoms with Gasteiger partial charge in [0.1, 0.15) is 16.1 Å². The monoisotopic (exact) mass is 320 g/mol. The molecule has 1 aromatic rings. The second kappa shape index (κ2) is 7.01. The minimum Gasteiger partial charge on any atom is -0.468 e. The Kier molecular flexibility index (Phi) is 5.91. The van der Waals surface area contributed by atoms with Gasteiger partial charge in [0.25, 0.3) is 0 Å². The summed E-state index contributed by atoms with van der Waals surface area (Å²) in [6, 6.07) is 1.75. The number of sulfonamides is 1. The Morgan fingerprint density at radius 1 is 1.50 bits per heavy atom. The molecule has 2 atom stereocenters. The van der Waals surface area contributed by atoms with Crippen molar-refractivity contribution in [1.29, 1.82) is 0 Å². The lowest BCUT2D eigenvalue weighted by Gasteiger charge is -2.21. The number of rotatable bonds is 6. The summed E-state index contributed by atoms with van der Waals surface area (Å²) in [6.45, 7) is 3.63. The number of carbonyl (C=O) groups excluding carboxylic acids is 1. The zero-order chi connectivity index (χ0) is 15.3. The van der Waals surface area contributed by atoms with E-state index >= 15 is 0 Å². The van der Waals surface area contributed by atoms with Gasteiger partial charge in [-0.05, 0) is 18.1 Å². The van der Waals surface area contributed by atoms with Crippen molar-refractivity contribution < 1.29 is 17.9 Å². The average Bonchev–Trinajstić information content (AvgIpc) is 2.43. The van der Waals surface area contributed by atoms with E-state index in [4.69, 9.17) is 11.6 Å². The van der Waals surface area contributed by atoms with Crippen LogP contribution in [0.15, 0.2) is 23.2 Å². The van der Waals surface area contributed by atoms with E-state index in [0.717, 1.165) is 6.20 Å². The van der Waals surface area contributed by atoms with Gasteiger partial charge in [0.2, 0.25) is 10.0 Å². The first-order chi connectivity index (χ1) is 9.31. The van der Waals surface area contributed by atoms with Gasteiger partial charge in [-0.1, -0.05) is 31.9 Å². The smallest absolute Gasteiger partial charge is 0.324 e. The van der Waals surface area contributed by atoms with Crippen LogP contribution >= 0.6 is 11.6 Å². The largest absolute Gasteiger partial charge is 0.468 e. The number of hydrogen-bond acceptors (Lipinski definition) is 5. The third-order valence-electron chi connectivity index (χ3n) is 2.96. The Bertz CT molecular complexity index is 559. The van der Waals surface area contributed by atoms with Gasteiger partial charge in [0, 0.05) is 6.20 Å². The first-order valence-corrected chi connectivity index (χ1v) is 7.89. The summed E-state index contributed by atoms with van der Waals surface area (Å²) in [4.78, 5) is 15.3. The Hall–Kier alpha value is -1.18. The minimum absolute atomic E-state index is 0.0564. The average molecular weight is 321 g/mol. The standard InChI is InChI=1S/C12H17ClN2O4S/c1-4-8(2)11(12(16)19-3)15-20(17,18)9-5-6-10(13)14-7-9/h5-8,11,15H,4H2,1-3H3. The number of methoxy groups -OCH3 is 1. The van der Waals surface area contributed by atoms with Gasteiger partial charge in [0.15, 0.2) is 0 Å². The first kappa shape index (κ1) is 16.9. The molecule has 2 unspecified atom stereocenters. The highest BCUT2D eigenvalue weighted by Gasteiger charge is 2.30. The zero-order valence-electron chi connectivity index (χ0n) is 11.5. The molecule has 0 bridgehead atoms. The summed E-state index contributed by atoms with van der Waals surface area (Å²) >= 11 is 5.61. The summed E-state index contributed by atoms with van der Waals surface area (Å²) in [6.07, 6.45) is 1.76. The molecule has 0 saturated heterocycles.